The lowest BCUT2D eigenvalue weighted by Crippen LogP contribution is -2.14. The normalized spacial score (nSPS) is 15.5. The quantitative estimate of drug-likeness (QED) is 0.804. The molecule has 0 amide bonds. The fourth-order valence-electron chi connectivity index (χ4n) is 1.03. The van der Waals surface area contributed by atoms with Crippen LogP contribution < -0.4 is 0 Å². The van der Waals surface area contributed by atoms with Crippen LogP contribution in [0, 0.1) is 0 Å². The van der Waals surface area contributed by atoms with Crippen LogP contribution in [0.4, 0.5) is 0 Å². The van der Waals surface area contributed by atoms with Crippen molar-refractivity contribution in [1.82, 2.24) is 0 Å². The van der Waals surface area contributed by atoms with E-state index in [4.69, 9.17) is 28.3 Å². The molecule has 2 atom stereocenters. The minimum absolute atomic E-state index is 0.362. The Morgan fingerprint density at radius 2 is 1.62 bits per heavy atom. The molecule has 0 fully saturated rings. The van der Waals surface area contributed by atoms with Crippen molar-refractivity contribution in [3.05, 3.63) is 33.8 Å². The van der Waals surface area contributed by atoms with E-state index in [0.29, 0.717) is 15.6 Å². The minimum atomic E-state index is -1.04. The van der Waals surface area contributed by atoms with Gasteiger partial charge in [0.05, 0.1) is 6.10 Å². The molecule has 0 unspecified atom stereocenters. The van der Waals surface area contributed by atoms with E-state index >= 15 is 0 Å². The minimum Gasteiger partial charge on any atom is -0.390 e. The van der Waals surface area contributed by atoms with Crippen molar-refractivity contribution >= 4 is 23.2 Å². The molecule has 4 heteroatoms. The largest absolute Gasteiger partial charge is 0.390 e. The molecule has 2 nitrogen and oxygen atoms in total. The number of rotatable bonds is 2. The molecule has 72 valence electrons. The number of benzene rings is 1. The molecule has 0 spiro atoms. The zero-order chi connectivity index (χ0) is 10.0. The van der Waals surface area contributed by atoms with Crippen LogP contribution in [-0.4, -0.2) is 16.3 Å². The summed E-state index contributed by atoms with van der Waals surface area (Å²) in [5, 5.41) is 19.4. The highest BCUT2D eigenvalue weighted by molar-refractivity contribution is 6.36. The molecule has 0 bridgehead atoms. The Balaban J connectivity index is 3.12. The molecule has 0 heterocycles. The summed E-state index contributed by atoms with van der Waals surface area (Å²) < 4.78 is 0. The van der Waals surface area contributed by atoms with Gasteiger partial charge in [-0.15, -0.1) is 0 Å². The monoisotopic (exact) mass is 220 g/mol. The number of aliphatic hydroxyl groups excluding tert-OH is 2. The number of hydrogen-bond donors (Lipinski definition) is 2. The molecule has 13 heavy (non-hydrogen) atoms. The molecule has 0 aliphatic heterocycles. The van der Waals surface area contributed by atoms with Gasteiger partial charge in [0.1, 0.15) is 6.10 Å². The van der Waals surface area contributed by atoms with E-state index in [1.54, 1.807) is 18.2 Å². The molecule has 0 saturated carbocycles. The Bertz CT molecular complexity index is 279. The van der Waals surface area contributed by atoms with Crippen LogP contribution in [0.15, 0.2) is 18.2 Å². The Morgan fingerprint density at radius 1 is 1.15 bits per heavy atom. The first kappa shape index (κ1) is 10.8. The van der Waals surface area contributed by atoms with Crippen molar-refractivity contribution in [3.8, 4) is 0 Å². The van der Waals surface area contributed by atoms with Crippen LogP contribution in [0.2, 0.25) is 10.0 Å². The van der Waals surface area contributed by atoms with Gasteiger partial charge < -0.3 is 10.2 Å². The highest BCUT2D eigenvalue weighted by atomic mass is 35.5. The maximum atomic E-state index is 9.54. The van der Waals surface area contributed by atoms with Crippen molar-refractivity contribution in [2.24, 2.45) is 0 Å². The van der Waals surface area contributed by atoms with Gasteiger partial charge in [0, 0.05) is 15.6 Å². The van der Waals surface area contributed by atoms with Crippen LogP contribution in [0.25, 0.3) is 0 Å². The van der Waals surface area contributed by atoms with Gasteiger partial charge >= 0.3 is 0 Å². The summed E-state index contributed by atoms with van der Waals surface area (Å²) in [4.78, 5) is 0. The summed E-state index contributed by atoms with van der Waals surface area (Å²) >= 11 is 11.6. The van der Waals surface area contributed by atoms with Crippen LogP contribution >= 0.6 is 23.2 Å². The zero-order valence-electron chi connectivity index (χ0n) is 7.04. The summed E-state index contributed by atoms with van der Waals surface area (Å²) in [5.41, 5.74) is 0.376. The Hall–Kier alpha value is -0.280. The average molecular weight is 221 g/mol. The first-order chi connectivity index (χ1) is 6.04. The van der Waals surface area contributed by atoms with Gasteiger partial charge in [-0.3, -0.25) is 0 Å². The van der Waals surface area contributed by atoms with Crippen molar-refractivity contribution < 1.29 is 10.2 Å². The van der Waals surface area contributed by atoms with Crippen molar-refractivity contribution in [1.29, 1.82) is 0 Å². The second kappa shape index (κ2) is 4.29. The average Bonchev–Trinajstić information content (AvgIpc) is 2.03. The molecule has 0 aliphatic carbocycles. The van der Waals surface area contributed by atoms with E-state index in [9.17, 15) is 5.11 Å². The van der Waals surface area contributed by atoms with E-state index in [0.717, 1.165) is 0 Å². The van der Waals surface area contributed by atoms with Gasteiger partial charge in [-0.1, -0.05) is 29.3 Å². The fraction of sp³-hybridized carbons (Fsp3) is 0.333. The van der Waals surface area contributed by atoms with E-state index < -0.39 is 12.2 Å². The molecule has 1 aromatic carbocycles. The molecular weight excluding hydrogens is 211 g/mol. The predicted molar refractivity (Wildman–Crippen MR) is 53.1 cm³/mol. The molecule has 0 radical (unpaired) electrons. The molecule has 1 aromatic rings. The Morgan fingerprint density at radius 3 is 2.00 bits per heavy atom. The second-order valence-corrected chi connectivity index (χ2v) is 3.64. The van der Waals surface area contributed by atoms with Crippen molar-refractivity contribution in [2.45, 2.75) is 19.1 Å². The molecule has 0 saturated heterocycles. The SMILES string of the molecule is C[C@H](O)[C@@H](O)c1c(Cl)cccc1Cl. The van der Waals surface area contributed by atoms with Crippen LogP contribution in [-0.2, 0) is 0 Å². The molecule has 0 aliphatic rings. The number of aliphatic hydroxyl groups is 2. The molecule has 2 N–H and O–H groups in total. The van der Waals surface area contributed by atoms with Crippen LogP contribution in [0.1, 0.15) is 18.6 Å². The molecular formula is C9H10Cl2O2. The third kappa shape index (κ3) is 2.35. The highest BCUT2D eigenvalue weighted by Crippen LogP contribution is 2.31. The fourth-order valence-corrected chi connectivity index (χ4v) is 1.66. The predicted octanol–water partition coefficient (Wildman–Crippen LogP) is 2.41. The topological polar surface area (TPSA) is 40.5 Å². The number of hydrogen-bond acceptors (Lipinski definition) is 2. The number of halogens is 2. The molecule has 0 aromatic heterocycles. The van der Waals surface area contributed by atoms with Gasteiger partial charge in [0.2, 0.25) is 0 Å². The Labute approximate surface area is 86.7 Å². The van der Waals surface area contributed by atoms with Crippen LogP contribution in [0.3, 0.4) is 0 Å². The first-order valence-corrected chi connectivity index (χ1v) is 4.59. The van der Waals surface area contributed by atoms with Gasteiger partial charge in [0.15, 0.2) is 0 Å². The maximum absolute atomic E-state index is 9.54. The summed E-state index contributed by atoms with van der Waals surface area (Å²) in [7, 11) is 0. The maximum Gasteiger partial charge on any atom is 0.107 e. The third-order valence-corrected chi connectivity index (χ3v) is 2.41. The van der Waals surface area contributed by atoms with Crippen LogP contribution in [0.5, 0.6) is 0 Å². The van der Waals surface area contributed by atoms with Gasteiger partial charge in [-0.2, -0.15) is 0 Å². The summed E-state index contributed by atoms with van der Waals surface area (Å²) in [6, 6.07) is 4.92. The van der Waals surface area contributed by atoms with Gasteiger partial charge in [0.25, 0.3) is 0 Å². The second-order valence-electron chi connectivity index (χ2n) is 2.82. The lowest BCUT2D eigenvalue weighted by atomic mass is 10.1. The van der Waals surface area contributed by atoms with E-state index in [1.807, 2.05) is 0 Å². The lowest BCUT2D eigenvalue weighted by Gasteiger charge is -2.16. The zero-order valence-corrected chi connectivity index (χ0v) is 8.55. The first-order valence-electron chi connectivity index (χ1n) is 3.84. The smallest absolute Gasteiger partial charge is 0.107 e. The van der Waals surface area contributed by atoms with E-state index in [-0.39, 0.29) is 0 Å². The summed E-state index contributed by atoms with van der Waals surface area (Å²) in [5.74, 6) is 0. The van der Waals surface area contributed by atoms with E-state index in [1.165, 1.54) is 6.92 Å². The van der Waals surface area contributed by atoms with Gasteiger partial charge in [-0.25, -0.2) is 0 Å². The van der Waals surface area contributed by atoms with Crippen molar-refractivity contribution in [2.75, 3.05) is 0 Å². The van der Waals surface area contributed by atoms with Crippen molar-refractivity contribution in [3.63, 3.8) is 0 Å². The highest BCUT2D eigenvalue weighted by Gasteiger charge is 2.19. The summed E-state index contributed by atoms with van der Waals surface area (Å²) in [6.07, 6.45) is -1.93. The summed E-state index contributed by atoms with van der Waals surface area (Å²) in [6.45, 7) is 1.48. The standard InChI is InChI=1S/C9H10Cl2O2/c1-5(12)9(13)8-6(10)3-2-4-7(8)11/h2-5,9,12-13H,1H3/t5-,9+/m0/s1. The lowest BCUT2D eigenvalue weighted by molar-refractivity contribution is 0.0306. The van der Waals surface area contributed by atoms with E-state index in [2.05, 4.69) is 0 Å². The molecule has 1 rings (SSSR count). The third-order valence-electron chi connectivity index (χ3n) is 1.75. The van der Waals surface area contributed by atoms with Gasteiger partial charge in [-0.05, 0) is 19.1 Å². The Kier molecular flexibility index (Phi) is 3.56.